The second-order valence-electron chi connectivity index (χ2n) is 6.95. The van der Waals surface area contributed by atoms with E-state index in [1.54, 1.807) is 0 Å². The molecular formula is C23H29NO4. The van der Waals surface area contributed by atoms with Crippen LogP contribution in [0.15, 0.2) is 42.5 Å². The summed E-state index contributed by atoms with van der Waals surface area (Å²) < 4.78 is 17.0. The third-order valence-corrected chi connectivity index (χ3v) is 4.80. The number of benzene rings is 2. The van der Waals surface area contributed by atoms with Crippen LogP contribution in [0, 0.1) is 5.92 Å². The van der Waals surface area contributed by atoms with Crippen molar-refractivity contribution in [3.63, 3.8) is 0 Å². The van der Waals surface area contributed by atoms with Gasteiger partial charge >= 0.3 is 0 Å². The van der Waals surface area contributed by atoms with E-state index in [0.717, 1.165) is 41.2 Å². The zero-order valence-electron chi connectivity index (χ0n) is 16.7. The Morgan fingerprint density at radius 3 is 2.79 bits per heavy atom. The quantitative estimate of drug-likeness (QED) is 0.668. The lowest BCUT2D eigenvalue weighted by Gasteiger charge is -2.25. The second-order valence-corrected chi connectivity index (χ2v) is 6.95. The first-order valence-electron chi connectivity index (χ1n) is 10.0. The first-order chi connectivity index (χ1) is 13.7. The molecule has 1 N–H and O–H groups in total. The summed E-state index contributed by atoms with van der Waals surface area (Å²) in [6.45, 7) is 6.86. The molecule has 0 radical (unpaired) electrons. The minimum atomic E-state index is -0.201. The van der Waals surface area contributed by atoms with Crippen LogP contribution in [0.5, 0.6) is 11.5 Å². The fourth-order valence-corrected chi connectivity index (χ4v) is 3.32. The fourth-order valence-electron chi connectivity index (χ4n) is 3.32. The molecule has 3 rings (SSSR count). The molecule has 150 valence electrons. The van der Waals surface area contributed by atoms with Crippen LogP contribution in [0.25, 0.3) is 0 Å². The highest BCUT2D eigenvalue weighted by atomic mass is 16.5. The third-order valence-electron chi connectivity index (χ3n) is 4.80. The highest BCUT2D eigenvalue weighted by Crippen LogP contribution is 2.31. The van der Waals surface area contributed by atoms with Gasteiger partial charge in [-0.1, -0.05) is 31.2 Å². The maximum atomic E-state index is 12.7. The first-order valence-corrected chi connectivity index (χ1v) is 10.0. The molecule has 0 aliphatic carbocycles. The highest BCUT2D eigenvalue weighted by Gasteiger charge is 2.26. The summed E-state index contributed by atoms with van der Waals surface area (Å²) in [5, 5.41) is 3.06. The number of amides is 1. The molecule has 5 nitrogen and oxygen atoms in total. The van der Waals surface area contributed by atoms with Crippen LogP contribution in [0.3, 0.4) is 0 Å². The largest absolute Gasteiger partial charge is 0.494 e. The number of hydrogen-bond donors (Lipinski definition) is 1. The monoisotopic (exact) mass is 383 g/mol. The summed E-state index contributed by atoms with van der Waals surface area (Å²) in [6.07, 6.45) is 1.65. The maximum absolute atomic E-state index is 12.7. The number of rotatable bonds is 9. The summed E-state index contributed by atoms with van der Waals surface area (Å²) in [5.41, 5.74) is 3.22. The molecule has 2 aromatic carbocycles. The van der Waals surface area contributed by atoms with Crippen molar-refractivity contribution < 1.29 is 19.0 Å². The van der Waals surface area contributed by atoms with Crippen molar-refractivity contribution in [2.24, 2.45) is 5.92 Å². The van der Waals surface area contributed by atoms with E-state index in [0.29, 0.717) is 32.8 Å². The Hall–Kier alpha value is -2.53. The number of ether oxygens (including phenoxy) is 3. The Labute approximate surface area is 167 Å². The second kappa shape index (κ2) is 10.1. The van der Waals surface area contributed by atoms with Crippen molar-refractivity contribution in [2.75, 3.05) is 19.8 Å². The van der Waals surface area contributed by atoms with Gasteiger partial charge in [0.1, 0.15) is 18.1 Å². The van der Waals surface area contributed by atoms with E-state index in [9.17, 15) is 4.79 Å². The van der Waals surface area contributed by atoms with Crippen molar-refractivity contribution in [1.82, 2.24) is 5.32 Å². The van der Waals surface area contributed by atoms with Crippen LogP contribution in [-0.2, 0) is 29.1 Å². The van der Waals surface area contributed by atoms with Gasteiger partial charge in [0, 0.05) is 13.2 Å². The van der Waals surface area contributed by atoms with Gasteiger partial charge in [0.15, 0.2) is 0 Å². The lowest BCUT2D eigenvalue weighted by molar-refractivity contribution is -0.126. The zero-order valence-corrected chi connectivity index (χ0v) is 16.7. The van der Waals surface area contributed by atoms with Gasteiger partial charge in [-0.25, -0.2) is 0 Å². The van der Waals surface area contributed by atoms with Crippen molar-refractivity contribution in [1.29, 1.82) is 0 Å². The highest BCUT2D eigenvalue weighted by molar-refractivity contribution is 5.79. The average Bonchev–Trinajstić information content (AvgIpc) is 2.72. The molecule has 0 bridgehead atoms. The van der Waals surface area contributed by atoms with E-state index in [4.69, 9.17) is 14.2 Å². The van der Waals surface area contributed by atoms with E-state index in [-0.39, 0.29) is 11.8 Å². The van der Waals surface area contributed by atoms with Gasteiger partial charge in [-0.15, -0.1) is 0 Å². The predicted molar refractivity (Wildman–Crippen MR) is 109 cm³/mol. The molecule has 1 aliphatic rings. The lowest BCUT2D eigenvalue weighted by atomic mass is 9.95. The van der Waals surface area contributed by atoms with E-state index in [1.165, 1.54) is 0 Å². The molecule has 1 atom stereocenters. The van der Waals surface area contributed by atoms with Gasteiger partial charge in [0.2, 0.25) is 5.91 Å². The maximum Gasteiger partial charge on any atom is 0.227 e. The van der Waals surface area contributed by atoms with Gasteiger partial charge in [0.05, 0.1) is 19.1 Å². The van der Waals surface area contributed by atoms with Crippen LogP contribution >= 0.6 is 0 Å². The topological polar surface area (TPSA) is 56.8 Å². The summed E-state index contributed by atoms with van der Waals surface area (Å²) in [7, 11) is 0. The molecule has 28 heavy (non-hydrogen) atoms. The number of carbonyl (C=O) groups excluding carboxylic acids is 1. The van der Waals surface area contributed by atoms with Crippen molar-refractivity contribution >= 4 is 5.91 Å². The Bertz CT molecular complexity index is 790. The van der Waals surface area contributed by atoms with Crippen LogP contribution in [-0.4, -0.2) is 25.7 Å². The number of nitrogens with one attached hydrogen (secondary N) is 1. The van der Waals surface area contributed by atoms with Crippen LogP contribution < -0.4 is 14.8 Å². The molecule has 0 fully saturated rings. The minimum Gasteiger partial charge on any atom is -0.494 e. The molecule has 0 spiro atoms. The van der Waals surface area contributed by atoms with Crippen LogP contribution in [0.1, 0.15) is 37.0 Å². The molecule has 0 saturated carbocycles. The molecular weight excluding hydrogens is 354 g/mol. The van der Waals surface area contributed by atoms with Gasteiger partial charge in [-0.2, -0.15) is 0 Å². The van der Waals surface area contributed by atoms with Gasteiger partial charge < -0.3 is 19.5 Å². The van der Waals surface area contributed by atoms with Gasteiger partial charge in [-0.05, 0) is 54.7 Å². The van der Waals surface area contributed by atoms with Crippen molar-refractivity contribution in [2.45, 2.75) is 39.8 Å². The lowest BCUT2D eigenvalue weighted by Crippen LogP contribution is -2.37. The SMILES string of the molecule is CCCOCc1ccccc1CNC(=O)C1COc2ccc(OCC)cc2C1. The van der Waals surface area contributed by atoms with Gasteiger partial charge in [-0.3, -0.25) is 4.79 Å². The normalized spacial score (nSPS) is 15.4. The number of hydrogen-bond acceptors (Lipinski definition) is 4. The zero-order chi connectivity index (χ0) is 19.8. The Kier molecular flexibility index (Phi) is 7.31. The first kappa shape index (κ1) is 20.2. The molecule has 1 heterocycles. The summed E-state index contributed by atoms with van der Waals surface area (Å²) in [4.78, 5) is 12.7. The molecule has 5 heteroatoms. The van der Waals surface area contributed by atoms with Crippen LogP contribution in [0.2, 0.25) is 0 Å². The summed E-state index contributed by atoms with van der Waals surface area (Å²) in [6, 6.07) is 13.9. The fraction of sp³-hybridized carbons (Fsp3) is 0.435. The van der Waals surface area contributed by atoms with Crippen molar-refractivity contribution in [3.05, 3.63) is 59.2 Å². The van der Waals surface area contributed by atoms with E-state index < -0.39 is 0 Å². The molecule has 0 aromatic heterocycles. The summed E-state index contributed by atoms with van der Waals surface area (Å²) >= 11 is 0. The Morgan fingerprint density at radius 1 is 1.18 bits per heavy atom. The average molecular weight is 383 g/mol. The predicted octanol–water partition coefficient (Wildman–Crippen LogP) is 3.88. The van der Waals surface area contributed by atoms with E-state index in [2.05, 4.69) is 12.2 Å². The third kappa shape index (κ3) is 5.26. The molecule has 2 aromatic rings. The molecule has 1 amide bonds. The Balaban J connectivity index is 1.58. The Morgan fingerprint density at radius 2 is 2.00 bits per heavy atom. The standard InChI is InChI=1S/C23H29NO4/c1-3-11-26-15-18-8-6-5-7-17(18)14-24-23(25)20-12-19-13-21(27-4-2)9-10-22(19)28-16-20/h5-10,13,20H,3-4,11-12,14-16H2,1-2H3,(H,24,25). The molecule has 0 saturated heterocycles. The molecule has 1 unspecified atom stereocenters. The van der Waals surface area contributed by atoms with E-state index in [1.807, 2.05) is 49.4 Å². The molecule has 1 aliphatic heterocycles. The number of fused-ring (bicyclic) bond motifs is 1. The van der Waals surface area contributed by atoms with Crippen molar-refractivity contribution in [3.8, 4) is 11.5 Å². The summed E-state index contributed by atoms with van der Waals surface area (Å²) in [5.74, 6) is 1.46. The smallest absolute Gasteiger partial charge is 0.227 e. The van der Waals surface area contributed by atoms with Gasteiger partial charge in [0.25, 0.3) is 0 Å². The van der Waals surface area contributed by atoms with Crippen LogP contribution in [0.4, 0.5) is 0 Å². The number of carbonyl (C=O) groups is 1. The minimum absolute atomic E-state index is 0.0109. The van der Waals surface area contributed by atoms with E-state index >= 15 is 0 Å².